The molecule has 1 amide bonds. The molecule has 0 saturated heterocycles. The van der Waals surface area contributed by atoms with Crippen molar-refractivity contribution < 1.29 is 9.18 Å². The molecule has 1 aromatic carbocycles. The third kappa shape index (κ3) is 4.14. The number of carbonyl (C=O) groups is 1. The van der Waals surface area contributed by atoms with E-state index in [1.54, 1.807) is 16.6 Å². The number of carbonyl (C=O) groups excluding carboxylic acids is 1. The number of benzene rings is 1. The van der Waals surface area contributed by atoms with Gasteiger partial charge in [-0.3, -0.25) is 4.79 Å². The molecular weight excluding hydrogens is 341 g/mol. The van der Waals surface area contributed by atoms with E-state index in [4.69, 9.17) is 0 Å². The number of aromatic nitrogens is 4. The fourth-order valence-electron chi connectivity index (χ4n) is 2.46. The highest BCUT2D eigenvalue weighted by atomic mass is 32.2. The number of nitrogens with one attached hydrogen (secondary N) is 1. The van der Waals surface area contributed by atoms with Gasteiger partial charge in [0, 0.05) is 11.4 Å². The Hall–Kier alpha value is -2.48. The molecule has 0 aliphatic carbocycles. The zero-order valence-electron chi connectivity index (χ0n) is 14.2. The minimum Gasteiger partial charge on any atom is -0.349 e. The molecule has 8 heteroatoms. The van der Waals surface area contributed by atoms with E-state index in [9.17, 15) is 9.18 Å². The molecule has 1 atom stereocenters. The number of hydrogen-bond donors (Lipinski definition) is 1. The van der Waals surface area contributed by atoms with Gasteiger partial charge < -0.3 is 5.32 Å². The Kier molecular flexibility index (Phi) is 4.98. The van der Waals surface area contributed by atoms with E-state index in [1.807, 2.05) is 26.8 Å². The second-order valence-corrected chi connectivity index (χ2v) is 6.72. The van der Waals surface area contributed by atoms with Crippen LogP contribution in [-0.4, -0.2) is 31.2 Å². The van der Waals surface area contributed by atoms with E-state index in [0.29, 0.717) is 10.9 Å². The lowest BCUT2D eigenvalue weighted by Crippen LogP contribution is -2.28. The van der Waals surface area contributed by atoms with Gasteiger partial charge in [-0.2, -0.15) is 4.98 Å². The summed E-state index contributed by atoms with van der Waals surface area (Å²) in [6.07, 6.45) is 0. The van der Waals surface area contributed by atoms with Gasteiger partial charge >= 0.3 is 0 Å². The number of thioether (sulfide) groups is 1. The second kappa shape index (κ2) is 7.18. The van der Waals surface area contributed by atoms with Gasteiger partial charge in [0.15, 0.2) is 0 Å². The average Bonchev–Trinajstić information content (AvgIpc) is 2.97. The number of aryl methyl sites for hydroxylation is 2. The molecule has 2 heterocycles. The van der Waals surface area contributed by atoms with E-state index in [-0.39, 0.29) is 23.5 Å². The molecule has 0 spiro atoms. The zero-order valence-corrected chi connectivity index (χ0v) is 15.0. The van der Waals surface area contributed by atoms with Crippen LogP contribution in [0, 0.1) is 19.7 Å². The minimum absolute atomic E-state index is 0.137. The van der Waals surface area contributed by atoms with Crippen molar-refractivity contribution in [2.45, 2.75) is 32.0 Å². The molecule has 1 N–H and O–H groups in total. The van der Waals surface area contributed by atoms with Crippen LogP contribution in [0.5, 0.6) is 0 Å². The van der Waals surface area contributed by atoms with Crippen LogP contribution in [0.1, 0.15) is 29.9 Å². The molecule has 0 radical (unpaired) electrons. The van der Waals surface area contributed by atoms with Gasteiger partial charge in [0.2, 0.25) is 11.1 Å². The number of rotatable bonds is 5. The van der Waals surface area contributed by atoms with Gasteiger partial charge in [-0.25, -0.2) is 13.9 Å². The Morgan fingerprint density at radius 3 is 2.72 bits per heavy atom. The number of halogens is 1. The Balaban J connectivity index is 1.60. The average molecular weight is 359 g/mol. The first-order chi connectivity index (χ1) is 11.9. The van der Waals surface area contributed by atoms with Crippen molar-refractivity contribution in [3.8, 4) is 0 Å². The maximum atomic E-state index is 13.0. The number of nitrogens with zero attached hydrogens (tertiary/aromatic N) is 4. The fourth-order valence-corrected chi connectivity index (χ4v) is 3.09. The van der Waals surface area contributed by atoms with Crippen LogP contribution in [0.4, 0.5) is 4.39 Å². The van der Waals surface area contributed by atoms with Crippen LogP contribution in [0.2, 0.25) is 0 Å². The summed E-state index contributed by atoms with van der Waals surface area (Å²) < 4.78 is 14.6. The van der Waals surface area contributed by atoms with Crippen LogP contribution in [0.25, 0.3) is 5.78 Å². The van der Waals surface area contributed by atoms with Gasteiger partial charge in [-0.05, 0) is 44.5 Å². The summed E-state index contributed by atoms with van der Waals surface area (Å²) in [7, 11) is 0. The van der Waals surface area contributed by atoms with E-state index >= 15 is 0 Å². The SMILES string of the molecule is Cc1cc(C)n2nc(SCC(=O)N[C@@H](C)c3ccc(F)cc3)nc2n1. The fraction of sp³-hybridized carbons (Fsp3) is 0.294. The highest BCUT2D eigenvalue weighted by Gasteiger charge is 2.13. The van der Waals surface area contributed by atoms with Crippen molar-refractivity contribution in [2.75, 3.05) is 5.75 Å². The lowest BCUT2D eigenvalue weighted by molar-refractivity contribution is -0.119. The van der Waals surface area contributed by atoms with Gasteiger partial charge in [0.25, 0.3) is 5.78 Å². The third-order valence-electron chi connectivity index (χ3n) is 3.68. The minimum atomic E-state index is -0.296. The summed E-state index contributed by atoms with van der Waals surface area (Å²) in [5, 5.41) is 7.74. The lowest BCUT2D eigenvalue weighted by atomic mass is 10.1. The maximum absolute atomic E-state index is 13.0. The van der Waals surface area contributed by atoms with Gasteiger partial charge in [0.1, 0.15) is 5.82 Å². The monoisotopic (exact) mass is 359 g/mol. The number of fused-ring (bicyclic) bond motifs is 1. The molecule has 0 saturated carbocycles. The molecule has 25 heavy (non-hydrogen) atoms. The highest BCUT2D eigenvalue weighted by Crippen LogP contribution is 2.17. The van der Waals surface area contributed by atoms with Crippen LogP contribution in [0.3, 0.4) is 0 Å². The highest BCUT2D eigenvalue weighted by molar-refractivity contribution is 7.99. The van der Waals surface area contributed by atoms with Crippen molar-refractivity contribution in [1.82, 2.24) is 24.9 Å². The number of amides is 1. The Labute approximate surface area is 148 Å². The first-order valence-electron chi connectivity index (χ1n) is 7.81. The van der Waals surface area contributed by atoms with Crippen molar-refractivity contribution in [1.29, 1.82) is 0 Å². The summed E-state index contributed by atoms with van der Waals surface area (Å²) in [4.78, 5) is 20.8. The van der Waals surface area contributed by atoms with Gasteiger partial charge in [-0.1, -0.05) is 23.9 Å². The molecule has 0 bridgehead atoms. The van der Waals surface area contributed by atoms with Crippen molar-refractivity contribution in [3.05, 3.63) is 53.1 Å². The smallest absolute Gasteiger partial charge is 0.253 e. The quantitative estimate of drug-likeness (QED) is 0.709. The molecule has 2 aromatic heterocycles. The van der Waals surface area contributed by atoms with Crippen molar-refractivity contribution >= 4 is 23.4 Å². The van der Waals surface area contributed by atoms with Crippen molar-refractivity contribution in [3.63, 3.8) is 0 Å². The molecule has 0 aliphatic heterocycles. The lowest BCUT2D eigenvalue weighted by Gasteiger charge is -2.13. The molecule has 0 unspecified atom stereocenters. The van der Waals surface area contributed by atoms with E-state index in [1.165, 1.54) is 23.9 Å². The first kappa shape index (κ1) is 17.3. The standard InChI is InChI=1S/C17H18FN5OS/c1-10-8-11(2)23-16(19-10)21-17(22-23)25-9-15(24)20-12(3)13-4-6-14(18)7-5-13/h4-8,12H,9H2,1-3H3,(H,20,24)/t12-/m0/s1. The van der Waals surface area contributed by atoms with Gasteiger partial charge in [0.05, 0.1) is 11.8 Å². The first-order valence-corrected chi connectivity index (χ1v) is 8.79. The zero-order chi connectivity index (χ0) is 18.0. The predicted molar refractivity (Wildman–Crippen MR) is 93.9 cm³/mol. The third-order valence-corrected chi connectivity index (χ3v) is 4.52. The Morgan fingerprint density at radius 1 is 1.28 bits per heavy atom. The Morgan fingerprint density at radius 2 is 2.00 bits per heavy atom. The van der Waals surface area contributed by atoms with Crippen LogP contribution >= 0.6 is 11.8 Å². The summed E-state index contributed by atoms with van der Waals surface area (Å²) in [5.74, 6) is 0.289. The van der Waals surface area contributed by atoms with Gasteiger partial charge in [-0.15, -0.1) is 5.10 Å². The molecule has 3 rings (SSSR count). The molecule has 0 fully saturated rings. The maximum Gasteiger partial charge on any atom is 0.253 e. The summed E-state index contributed by atoms with van der Waals surface area (Å²) in [6, 6.07) is 7.80. The summed E-state index contributed by atoms with van der Waals surface area (Å²) in [6.45, 7) is 5.69. The second-order valence-electron chi connectivity index (χ2n) is 5.77. The summed E-state index contributed by atoms with van der Waals surface area (Å²) in [5.41, 5.74) is 2.66. The van der Waals surface area contributed by atoms with E-state index in [2.05, 4.69) is 20.4 Å². The normalized spacial score (nSPS) is 12.3. The molecule has 3 aromatic rings. The molecule has 0 aliphatic rings. The van der Waals surface area contributed by atoms with Crippen LogP contribution in [0.15, 0.2) is 35.5 Å². The molecule has 6 nitrogen and oxygen atoms in total. The predicted octanol–water partition coefficient (Wildman–Crippen LogP) is 2.85. The molecular formula is C17H18FN5OS. The topological polar surface area (TPSA) is 72.2 Å². The van der Waals surface area contributed by atoms with E-state index < -0.39 is 0 Å². The number of hydrogen-bond acceptors (Lipinski definition) is 5. The van der Waals surface area contributed by atoms with Crippen LogP contribution < -0.4 is 5.32 Å². The Bertz CT molecular complexity index is 909. The summed E-state index contributed by atoms with van der Waals surface area (Å²) >= 11 is 1.25. The molecule has 130 valence electrons. The largest absolute Gasteiger partial charge is 0.349 e. The van der Waals surface area contributed by atoms with Crippen LogP contribution in [-0.2, 0) is 4.79 Å². The van der Waals surface area contributed by atoms with Crippen molar-refractivity contribution in [2.24, 2.45) is 0 Å². The van der Waals surface area contributed by atoms with E-state index in [0.717, 1.165) is 17.0 Å².